The Morgan fingerprint density at radius 2 is 2.04 bits per heavy atom. The van der Waals surface area contributed by atoms with Crippen LogP contribution >= 0.6 is 0 Å². The second kappa shape index (κ2) is 9.94. The van der Waals surface area contributed by atoms with Gasteiger partial charge in [0.2, 0.25) is 0 Å². The summed E-state index contributed by atoms with van der Waals surface area (Å²) in [7, 11) is 1.61. The van der Waals surface area contributed by atoms with Crippen molar-refractivity contribution >= 4 is 11.6 Å². The van der Waals surface area contributed by atoms with Crippen molar-refractivity contribution in [1.82, 2.24) is 0 Å². The lowest BCUT2D eigenvalue weighted by Gasteiger charge is -2.13. The number of amides is 1. The highest BCUT2D eigenvalue weighted by molar-refractivity contribution is 6.06. The molecule has 1 aliphatic rings. The lowest BCUT2D eigenvalue weighted by atomic mass is 10.2. The second-order valence-electron chi connectivity index (χ2n) is 6.27. The van der Waals surface area contributed by atoms with Crippen molar-refractivity contribution in [1.29, 1.82) is 0 Å². The molecule has 1 N–H and O–H groups in total. The average molecular weight is 371 g/mol. The second-order valence-corrected chi connectivity index (χ2v) is 6.27. The van der Waals surface area contributed by atoms with Gasteiger partial charge in [0.05, 0.1) is 18.3 Å². The molecule has 2 aromatic carbocycles. The van der Waals surface area contributed by atoms with E-state index in [0.717, 1.165) is 19.4 Å². The molecule has 0 spiro atoms. The zero-order valence-electron chi connectivity index (χ0n) is 15.5. The number of rotatable bonds is 9. The van der Waals surface area contributed by atoms with Gasteiger partial charge < -0.3 is 24.3 Å². The molecule has 1 unspecified atom stereocenters. The maximum Gasteiger partial charge on any atom is 0.259 e. The number of anilines is 1. The van der Waals surface area contributed by atoms with Crippen LogP contribution in [0.5, 0.6) is 11.5 Å². The molecule has 0 saturated carbocycles. The Labute approximate surface area is 159 Å². The van der Waals surface area contributed by atoms with Crippen molar-refractivity contribution in [3.05, 3.63) is 54.1 Å². The molecule has 0 aromatic heterocycles. The summed E-state index contributed by atoms with van der Waals surface area (Å²) in [6.07, 6.45) is 2.26. The summed E-state index contributed by atoms with van der Waals surface area (Å²) in [5, 5.41) is 2.90. The van der Waals surface area contributed by atoms with Gasteiger partial charge in [0.15, 0.2) is 0 Å². The van der Waals surface area contributed by atoms with Gasteiger partial charge in [-0.3, -0.25) is 4.79 Å². The minimum atomic E-state index is -0.237. The number of nitrogens with one attached hydrogen (secondary N) is 1. The molecule has 0 aliphatic carbocycles. The summed E-state index contributed by atoms with van der Waals surface area (Å²) in [4.78, 5) is 12.7. The zero-order chi connectivity index (χ0) is 18.9. The van der Waals surface area contributed by atoms with Crippen molar-refractivity contribution < 1.29 is 23.7 Å². The smallest absolute Gasteiger partial charge is 0.259 e. The van der Waals surface area contributed by atoms with Gasteiger partial charge in [0, 0.05) is 25.5 Å². The van der Waals surface area contributed by atoms with E-state index < -0.39 is 0 Å². The van der Waals surface area contributed by atoms with Crippen molar-refractivity contribution in [3.63, 3.8) is 0 Å². The van der Waals surface area contributed by atoms with Crippen LogP contribution in [0.2, 0.25) is 0 Å². The highest BCUT2D eigenvalue weighted by Gasteiger charge is 2.16. The maximum atomic E-state index is 12.7. The molecule has 6 nitrogen and oxygen atoms in total. The van der Waals surface area contributed by atoms with E-state index in [1.165, 1.54) is 0 Å². The number of hydrogen-bond acceptors (Lipinski definition) is 5. The molecule has 1 aliphatic heterocycles. The van der Waals surface area contributed by atoms with Crippen LogP contribution in [-0.4, -0.2) is 45.5 Å². The molecule has 1 amide bonds. The number of hydrogen-bond donors (Lipinski definition) is 1. The lowest BCUT2D eigenvalue weighted by molar-refractivity contribution is 0.0680. The van der Waals surface area contributed by atoms with Crippen molar-refractivity contribution in [2.75, 3.05) is 38.9 Å². The van der Waals surface area contributed by atoms with Crippen LogP contribution in [0.3, 0.4) is 0 Å². The van der Waals surface area contributed by atoms with Gasteiger partial charge in [0.1, 0.15) is 24.7 Å². The maximum absolute atomic E-state index is 12.7. The predicted molar refractivity (Wildman–Crippen MR) is 103 cm³/mol. The van der Waals surface area contributed by atoms with E-state index in [9.17, 15) is 4.79 Å². The average Bonchev–Trinajstić information content (AvgIpc) is 3.21. The summed E-state index contributed by atoms with van der Waals surface area (Å²) in [6.45, 7) is 2.16. The molecule has 0 radical (unpaired) electrons. The molecule has 0 bridgehead atoms. The normalized spacial score (nSPS) is 16.1. The molecule has 1 heterocycles. The summed E-state index contributed by atoms with van der Waals surface area (Å²) in [5.74, 6) is 0.991. The first kappa shape index (κ1) is 19.2. The van der Waals surface area contributed by atoms with Crippen LogP contribution < -0.4 is 14.8 Å². The molecular formula is C21H25NO5. The minimum absolute atomic E-state index is 0.152. The fourth-order valence-electron chi connectivity index (χ4n) is 2.84. The SMILES string of the molecule is COCCOc1ccccc1C(=O)Nc1cccc(OCC2CCCO2)c1. The summed E-state index contributed by atoms with van der Waals surface area (Å²) < 4.78 is 22.0. The topological polar surface area (TPSA) is 66.0 Å². The molecule has 6 heteroatoms. The molecule has 27 heavy (non-hydrogen) atoms. The lowest BCUT2D eigenvalue weighted by Crippen LogP contribution is -2.17. The number of carbonyl (C=O) groups excluding carboxylic acids is 1. The zero-order valence-corrected chi connectivity index (χ0v) is 15.5. The highest BCUT2D eigenvalue weighted by Crippen LogP contribution is 2.23. The third kappa shape index (κ3) is 5.70. The third-order valence-electron chi connectivity index (χ3n) is 4.23. The van der Waals surface area contributed by atoms with Crippen molar-refractivity contribution in [3.8, 4) is 11.5 Å². The van der Waals surface area contributed by atoms with E-state index in [4.69, 9.17) is 18.9 Å². The van der Waals surface area contributed by atoms with Gasteiger partial charge in [-0.25, -0.2) is 0 Å². The summed E-state index contributed by atoms with van der Waals surface area (Å²) in [6, 6.07) is 14.5. The Hall–Kier alpha value is -2.57. The van der Waals surface area contributed by atoms with Crippen LogP contribution in [0, 0.1) is 0 Å². The Morgan fingerprint density at radius 3 is 2.85 bits per heavy atom. The van der Waals surface area contributed by atoms with Crippen molar-refractivity contribution in [2.24, 2.45) is 0 Å². The summed E-state index contributed by atoms with van der Waals surface area (Å²) in [5.41, 5.74) is 1.14. The first-order valence-corrected chi connectivity index (χ1v) is 9.13. The molecule has 2 aromatic rings. The van der Waals surface area contributed by atoms with Crippen molar-refractivity contribution in [2.45, 2.75) is 18.9 Å². The number of methoxy groups -OCH3 is 1. The van der Waals surface area contributed by atoms with Crippen LogP contribution in [0.1, 0.15) is 23.2 Å². The summed E-state index contributed by atoms with van der Waals surface area (Å²) >= 11 is 0. The van der Waals surface area contributed by atoms with E-state index in [2.05, 4.69) is 5.32 Å². The van der Waals surface area contributed by atoms with E-state index in [-0.39, 0.29) is 12.0 Å². The Balaban J connectivity index is 1.61. The van der Waals surface area contributed by atoms with E-state index in [1.807, 2.05) is 24.3 Å². The minimum Gasteiger partial charge on any atom is -0.491 e. The molecule has 1 saturated heterocycles. The van der Waals surface area contributed by atoms with Crippen LogP contribution in [0.25, 0.3) is 0 Å². The Kier molecular flexibility index (Phi) is 7.07. The van der Waals surface area contributed by atoms with Gasteiger partial charge in [-0.2, -0.15) is 0 Å². The highest BCUT2D eigenvalue weighted by atomic mass is 16.5. The van der Waals surface area contributed by atoms with Gasteiger partial charge in [-0.15, -0.1) is 0 Å². The van der Waals surface area contributed by atoms with E-state index in [0.29, 0.717) is 42.6 Å². The first-order valence-electron chi connectivity index (χ1n) is 9.13. The van der Waals surface area contributed by atoms with Gasteiger partial charge in [0.25, 0.3) is 5.91 Å². The van der Waals surface area contributed by atoms with Gasteiger partial charge in [-0.05, 0) is 37.1 Å². The standard InChI is InChI=1S/C21H25NO5/c1-24-12-13-26-20-10-3-2-9-19(20)21(23)22-16-6-4-7-17(14-16)27-15-18-8-5-11-25-18/h2-4,6-7,9-10,14,18H,5,8,11-13,15H2,1H3,(H,22,23). The molecular weight excluding hydrogens is 346 g/mol. The Bertz CT molecular complexity index is 743. The van der Waals surface area contributed by atoms with Gasteiger partial charge >= 0.3 is 0 Å². The fourth-order valence-corrected chi connectivity index (χ4v) is 2.84. The largest absolute Gasteiger partial charge is 0.491 e. The quantitative estimate of drug-likeness (QED) is 0.683. The molecule has 1 atom stereocenters. The molecule has 3 rings (SSSR count). The number of ether oxygens (including phenoxy) is 4. The Morgan fingerprint density at radius 1 is 1.15 bits per heavy atom. The number of benzene rings is 2. The number of carbonyl (C=O) groups is 1. The van der Waals surface area contributed by atoms with E-state index in [1.54, 1.807) is 31.4 Å². The van der Waals surface area contributed by atoms with Gasteiger partial charge in [-0.1, -0.05) is 18.2 Å². The molecule has 144 valence electrons. The van der Waals surface area contributed by atoms with Crippen LogP contribution in [0.15, 0.2) is 48.5 Å². The molecule has 1 fully saturated rings. The monoisotopic (exact) mass is 371 g/mol. The van der Waals surface area contributed by atoms with Crippen LogP contribution in [0.4, 0.5) is 5.69 Å². The third-order valence-corrected chi connectivity index (χ3v) is 4.23. The number of para-hydroxylation sites is 1. The fraction of sp³-hybridized carbons (Fsp3) is 0.381. The first-order chi connectivity index (χ1) is 13.3. The predicted octanol–water partition coefficient (Wildman–Crippen LogP) is 3.52. The van der Waals surface area contributed by atoms with E-state index >= 15 is 0 Å². The van der Waals surface area contributed by atoms with Crippen LogP contribution in [-0.2, 0) is 9.47 Å².